The minimum Gasteiger partial charge on any atom is -0.461 e. The maximum atomic E-state index is 15.6. The Kier molecular flexibility index (Phi) is 10.3. The zero-order valence-electron chi connectivity index (χ0n) is 31.6. The van der Waals surface area contributed by atoms with Crippen LogP contribution in [0, 0.1) is 29.4 Å². The number of anilines is 1. The number of esters is 1. The summed E-state index contributed by atoms with van der Waals surface area (Å²) in [6.07, 6.45) is 0.803. The second-order valence-corrected chi connectivity index (χ2v) is 16.9. The predicted octanol–water partition coefficient (Wildman–Crippen LogP) is 5.74. The molecule has 0 radical (unpaired) electrons. The molecule has 2 aromatic carbocycles. The van der Waals surface area contributed by atoms with Crippen molar-refractivity contribution < 1.29 is 45.4 Å². The van der Waals surface area contributed by atoms with Crippen molar-refractivity contribution in [3.63, 3.8) is 0 Å². The fourth-order valence-corrected chi connectivity index (χ4v) is 8.12. The molecule has 3 atom stereocenters. The first-order valence-electron chi connectivity index (χ1n) is 18.0. The van der Waals surface area contributed by atoms with Crippen molar-refractivity contribution in [2.75, 3.05) is 17.6 Å². The number of nitrogens with one attached hydrogen (secondary N) is 2. The monoisotopic (exact) mass is 841 g/mol. The molecule has 3 N–H and O–H groups in total. The van der Waals surface area contributed by atoms with Crippen LogP contribution in [0.2, 0.25) is 5.02 Å². The summed E-state index contributed by atoms with van der Waals surface area (Å²) in [5, 5.41) is 22.0. The summed E-state index contributed by atoms with van der Waals surface area (Å²) in [4.78, 5) is 31.7. The Morgan fingerprint density at radius 2 is 1.81 bits per heavy atom. The molecule has 7 rings (SSSR count). The summed E-state index contributed by atoms with van der Waals surface area (Å²) in [5.74, 6) is -3.24. The highest BCUT2D eigenvalue weighted by Gasteiger charge is 2.67. The van der Waals surface area contributed by atoms with E-state index < -0.39 is 75.2 Å². The van der Waals surface area contributed by atoms with Crippen molar-refractivity contribution in [2.45, 2.75) is 63.6 Å². The van der Waals surface area contributed by atoms with Crippen molar-refractivity contribution in [3.8, 4) is 23.0 Å². The van der Waals surface area contributed by atoms with Crippen molar-refractivity contribution in [1.29, 1.82) is 0 Å². The largest absolute Gasteiger partial charge is 0.461 e. The summed E-state index contributed by atoms with van der Waals surface area (Å²) in [6, 6.07) is 7.77. The van der Waals surface area contributed by atoms with Gasteiger partial charge in [0.25, 0.3) is 5.92 Å². The van der Waals surface area contributed by atoms with Crippen LogP contribution in [-0.4, -0.2) is 68.4 Å². The van der Waals surface area contributed by atoms with Crippen LogP contribution in [0.3, 0.4) is 0 Å². The molecular weight excluding hydrogens is 806 g/mol. The minimum atomic E-state index is -3.82. The fraction of sp³-hybridized carbons (Fsp3) is 0.359. The molecule has 304 valence electrons. The number of amides is 1. The number of pyridine rings is 1. The second-order valence-electron chi connectivity index (χ2n) is 14.8. The molecule has 19 heteroatoms. The molecule has 3 heterocycles. The van der Waals surface area contributed by atoms with Gasteiger partial charge in [0.05, 0.1) is 40.5 Å². The van der Waals surface area contributed by atoms with Gasteiger partial charge in [0.2, 0.25) is 15.9 Å². The number of halogens is 5. The number of ether oxygens (including phenoxy) is 1. The quantitative estimate of drug-likeness (QED) is 0.0853. The number of aliphatic hydroxyl groups is 1. The number of fused-ring (bicyclic) bond motifs is 4. The Morgan fingerprint density at radius 3 is 2.47 bits per heavy atom. The van der Waals surface area contributed by atoms with E-state index in [9.17, 15) is 31.9 Å². The smallest absolute Gasteiger partial charge is 0.359 e. The van der Waals surface area contributed by atoms with Crippen LogP contribution >= 0.6 is 11.6 Å². The molecule has 0 unspecified atom stereocenters. The van der Waals surface area contributed by atoms with E-state index in [1.165, 1.54) is 30.7 Å². The number of alkyl halides is 2. The van der Waals surface area contributed by atoms with Gasteiger partial charge in [-0.25, -0.2) is 27.0 Å². The first-order valence-corrected chi connectivity index (χ1v) is 20.2. The molecule has 3 aromatic heterocycles. The average Bonchev–Trinajstić information content (AvgIpc) is 3.65. The Bertz CT molecular complexity index is 2680. The first kappa shape index (κ1) is 40.7. The van der Waals surface area contributed by atoms with E-state index in [2.05, 4.69) is 32.1 Å². The number of benzene rings is 2. The lowest BCUT2D eigenvalue weighted by atomic mass is 9.93. The number of carbonyl (C=O) groups excluding carboxylic acids is 2. The third-order valence-corrected chi connectivity index (χ3v) is 10.5. The number of sulfonamides is 1. The maximum Gasteiger partial charge on any atom is 0.359 e. The van der Waals surface area contributed by atoms with Crippen molar-refractivity contribution >= 4 is 50.2 Å². The number of aryl methyl sites for hydroxylation is 1. The Labute approximate surface area is 334 Å². The van der Waals surface area contributed by atoms with Crippen LogP contribution in [-0.2, 0) is 45.5 Å². The molecule has 1 amide bonds. The molecule has 0 saturated heterocycles. The summed E-state index contributed by atoms with van der Waals surface area (Å²) >= 11 is 6.60. The van der Waals surface area contributed by atoms with Gasteiger partial charge in [-0.05, 0) is 81.3 Å². The molecule has 0 bridgehead atoms. The highest BCUT2D eigenvalue weighted by molar-refractivity contribution is 7.92. The normalized spacial score (nSPS) is 17.2. The predicted molar refractivity (Wildman–Crippen MR) is 204 cm³/mol. The van der Waals surface area contributed by atoms with Gasteiger partial charge in [0.1, 0.15) is 35.2 Å². The Morgan fingerprint density at radius 1 is 1.12 bits per heavy atom. The van der Waals surface area contributed by atoms with Gasteiger partial charge >= 0.3 is 5.97 Å². The third kappa shape index (κ3) is 7.98. The topological polar surface area (TPSA) is 170 Å². The lowest BCUT2D eigenvalue weighted by Crippen LogP contribution is -2.35. The lowest BCUT2D eigenvalue weighted by Gasteiger charge is -2.23. The van der Waals surface area contributed by atoms with Gasteiger partial charge in [-0.3, -0.25) is 18.9 Å². The van der Waals surface area contributed by atoms with Crippen LogP contribution in [0.25, 0.3) is 22.0 Å². The molecule has 1 fully saturated rings. The van der Waals surface area contributed by atoms with E-state index in [1.807, 2.05) is 0 Å². The van der Waals surface area contributed by atoms with Crippen LogP contribution < -0.4 is 10.0 Å². The molecule has 2 aliphatic carbocycles. The van der Waals surface area contributed by atoms with Crippen molar-refractivity contribution in [2.24, 2.45) is 13.0 Å². The molecule has 0 aliphatic heterocycles. The molecule has 2 aliphatic rings. The molecule has 1 saturated carbocycles. The van der Waals surface area contributed by atoms with E-state index in [0.29, 0.717) is 22.7 Å². The van der Waals surface area contributed by atoms with Crippen LogP contribution in [0.5, 0.6) is 0 Å². The fourth-order valence-electron chi connectivity index (χ4n) is 7.39. The van der Waals surface area contributed by atoms with Gasteiger partial charge in [-0.2, -0.15) is 19.0 Å². The van der Waals surface area contributed by atoms with Gasteiger partial charge in [0, 0.05) is 35.7 Å². The highest BCUT2D eigenvalue weighted by atomic mass is 35.5. The molecule has 58 heavy (non-hydrogen) atoms. The molecular formula is C39H36ClF4N7O6S. The number of rotatable bonds is 11. The van der Waals surface area contributed by atoms with E-state index in [4.69, 9.17) is 21.3 Å². The van der Waals surface area contributed by atoms with Gasteiger partial charge < -0.3 is 15.2 Å². The van der Waals surface area contributed by atoms with E-state index in [-0.39, 0.29) is 63.9 Å². The molecule has 13 nitrogen and oxygen atoms in total. The second kappa shape index (κ2) is 14.7. The first-order chi connectivity index (χ1) is 27.1. The number of hydrogen-bond acceptors (Lipinski definition) is 9. The van der Waals surface area contributed by atoms with Gasteiger partial charge in [-0.15, -0.1) is 0 Å². The number of nitrogens with zero attached hydrogens (tertiary/aromatic N) is 5. The summed E-state index contributed by atoms with van der Waals surface area (Å²) in [5.41, 5.74) is -0.955. The number of carbonyl (C=O) groups is 2. The Hall–Kier alpha value is -5.51. The van der Waals surface area contributed by atoms with Crippen LogP contribution in [0.4, 0.5) is 23.4 Å². The minimum absolute atomic E-state index is 0.0311. The maximum absolute atomic E-state index is 15.6. The van der Waals surface area contributed by atoms with Crippen LogP contribution in [0.15, 0.2) is 42.5 Å². The number of aromatic nitrogens is 5. The lowest BCUT2D eigenvalue weighted by molar-refractivity contribution is -0.123. The zero-order chi connectivity index (χ0) is 42.1. The van der Waals surface area contributed by atoms with E-state index in [0.717, 1.165) is 23.1 Å². The van der Waals surface area contributed by atoms with Crippen molar-refractivity contribution in [1.82, 2.24) is 29.9 Å². The average molecular weight is 842 g/mol. The van der Waals surface area contributed by atoms with E-state index in [1.54, 1.807) is 26.1 Å². The number of hydrogen-bond donors (Lipinski definition) is 3. The van der Waals surface area contributed by atoms with Gasteiger partial charge in [-0.1, -0.05) is 23.6 Å². The SMILES string of the molecule is CCOC(=O)c1nn(CC(=O)N[C@@H](Cc2cc(F)cc(F)c2)c2nc(C#CC(C)(C)O)ccc2-c2ccc(Cl)c3c(NS(C)(=O)=O)nn(C)c23)c2c1[C@H]1C[C@H]1C2(F)F. The van der Waals surface area contributed by atoms with Crippen molar-refractivity contribution in [3.05, 3.63) is 93.0 Å². The summed E-state index contributed by atoms with van der Waals surface area (Å²) < 4.78 is 94.7. The molecule has 0 spiro atoms. The van der Waals surface area contributed by atoms with Crippen LogP contribution in [0.1, 0.15) is 77.8 Å². The third-order valence-electron chi connectivity index (χ3n) is 9.65. The summed E-state index contributed by atoms with van der Waals surface area (Å²) in [6.45, 7) is 3.66. The van der Waals surface area contributed by atoms with E-state index >= 15 is 8.78 Å². The Balaban J connectivity index is 1.38. The summed E-state index contributed by atoms with van der Waals surface area (Å²) in [7, 11) is -2.27. The zero-order valence-corrected chi connectivity index (χ0v) is 33.2. The van der Waals surface area contributed by atoms with Gasteiger partial charge in [0.15, 0.2) is 11.5 Å². The highest BCUT2D eigenvalue weighted by Crippen LogP contribution is 2.67. The molecule has 5 aromatic rings. The standard InChI is InChI=1S/C39H36ClF4N7O6S/c1-6-57-37(53)33-30-25-17-26(25)39(43,44)35(30)51(47-33)18-29(52)46-28(15-19-13-20(41)16-21(42)14-19)32-23(8-7-22(45-32)11-12-38(2,3)54)24-9-10-27(40)31-34(24)50(4)48-36(31)49-58(5,55)56/h7-10,13-14,16,25-26,28,54H,6,15,17-18H2,1-5H3,(H,46,52)(H,48,49)/t25-,26+,28-/m0/s1.